The average molecular weight is 96.2 g/mol. The van der Waals surface area contributed by atoms with E-state index in [-0.39, 0.29) is 0 Å². The van der Waals surface area contributed by atoms with E-state index in [2.05, 4.69) is 17.0 Å². The third-order valence-corrected chi connectivity index (χ3v) is 1.33. The van der Waals surface area contributed by atoms with Gasteiger partial charge in [-0.2, -0.15) is 4.58 Å². The second kappa shape index (κ2) is 1.94. The van der Waals surface area contributed by atoms with Crippen LogP contribution in [0.15, 0.2) is 6.58 Å². The lowest BCUT2D eigenvalue weighted by atomic mass is 10.4. The zero-order valence-electron chi connectivity index (χ0n) is 4.48. The third-order valence-electron chi connectivity index (χ3n) is 1.33. The monoisotopic (exact) mass is 96.1 g/mol. The molecule has 0 unspecified atom stereocenters. The molecule has 0 radical (unpaired) electrons. The van der Waals surface area contributed by atoms with E-state index in [0.29, 0.717) is 0 Å². The first kappa shape index (κ1) is 4.61. The summed E-state index contributed by atoms with van der Waals surface area (Å²) in [4.78, 5) is 0. The van der Waals surface area contributed by atoms with Gasteiger partial charge in [0.25, 0.3) is 0 Å². The Hall–Kier alpha value is -0.550. The summed E-state index contributed by atoms with van der Waals surface area (Å²) in [5.41, 5.74) is 0. The van der Waals surface area contributed by atoms with Crippen molar-refractivity contribution in [2.45, 2.75) is 12.8 Å². The summed E-state index contributed by atoms with van der Waals surface area (Å²) >= 11 is 0. The predicted molar refractivity (Wildman–Crippen MR) is 29.9 cm³/mol. The third kappa shape index (κ3) is 0.908. The summed E-state index contributed by atoms with van der Waals surface area (Å²) in [5, 5.41) is 0. The van der Waals surface area contributed by atoms with Gasteiger partial charge in [-0.15, -0.1) is 0 Å². The molecule has 0 aromatic carbocycles. The lowest BCUT2D eigenvalue weighted by Gasteiger charge is -1.77. The number of nitrogens with zero attached hydrogens (tertiary/aromatic N) is 1. The van der Waals surface area contributed by atoms with E-state index in [1.807, 2.05) is 0 Å². The van der Waals surface area contributed by atoms with Gasteiger partial charge in [0, 0.05) is 19.4 Å². The highest BCUT2D eigenvalue weighted by Gasteiger charge is 2.09. The van der Waals surface area contributed by atoms with E-state index >= 15 is 0 Å². The second-order valence-corrected chi connectivity index (χ2v) is 1.85. The van der Waals surface area contributed by atoms with Crippen LogP contribution in [-0.2, 0) is 0 Å². The Bertz CT molecular complexity index is 101. The SMILES string of the molecule is C=C=[N+]1CCCC1. The van der Waals surface area contributed by atoms with E-state index in [9.17, 15) is 0 Å². The Kier molecular flexibility index (Phi) is 1.28. The molecule has 0 aromatic heterocycles. The molecule has 1 heteroatoms. The second-order valence-electron chi connectivity index (χ2n) is 1.85. The van der Waals surface area contributed by atoms with E-state index in [0.717, 1.165) is 0 Å². The van der Waals surface area contributed by atoms with Crippen molar-refractivity contribution >= 4 is 5.87 Å². The van der Waals surface area contributed by atoms with Crippen molar-refractivity contribution in [1.82, 2.24) is 0 Å². The molecule has 7 heavy (non-hydrogen) atoms. The van der Waals surface area contributed by atoms with Crippen LogP contribution in [0.2, 0.25) is 0 Å². The van der Waals surface area contributed by atoms with Crippen molar-refractivity contribution in [1.29, 1.82) is 0 Å². The fourth-order valence-electron chi connectivity index (χ4n) is 0.875. The van der Waals surface area contributed by atoms with E-state index in [1.165, 1.54) is 25.9 Å². The van der Waals surface area contributed by atoms with Crippen molar-refractivity contribution in [2.24, 2.45) is 0 Å². The van der Waals surface area contributed by atoms with Crippen LogP contribution >= 0.6 is 0 Å². The van der Waals surface area contributed by atoms with Crippen LogP contribution in [0.5, 0.6) is 0 Å². The van der Waals surface area contributed by atoms with Gasteiger partial charge in [-0.05, 0) is 0 Å². The zero-order valence-corrected chi connectivity index (χ0v) is 4.48. The standard InChI is InChI=1S/C6H10N/c1-2-7-5-3-4-6-7/h1,3-6H2/q+1. The Morgan fingerprint density at radius 1 is 1.29 bits per heavy atom. The maximum Gasteiger partial charge on any atom is 0.159 e. The van der Waals surface area contributed by atoms with Crippen molar-refractivity contribution in [3.05, 3.63) is 6.58 Å². The molecule has 38 valence electrons. The molecular weight excluding hydrogens is 86.1 g/mol. The van der Waals surface area contributed by atoms with E-state index < -0.39 is 0 Å². The van der Waals surface area contributed by atoms with Gasteiger partial charge in [0.1, 0.15) is 0 Å². The van der Waals surface area contributed by atoms with E-state index in [1.54, 1.807) is 0 Å². The summed E-state index contributed by atoms with van der Waals surface area (Å²) in [6.07, 6.45) is 2.64. The van der Waals surface area contributed by atoms with Gasteiger partial charge >= 0.3 is 0 Å². The molecule has 1 nitrogen and oxygen atoms in total. The maximum atomic E-state index is 3.54. The summed E-state index contributed by atoms with van der Waals surface area (Å²) in [6.45, 7) is 5.88. The first-order chi connectivity index (χ1) is 3.43. The van der Waals surface area contributed by atoms with Crippen molar-refractivity contribution < 1.29 is 4.58 Å². The molecule has 0 amide bonds. The van der Waals surface area contributed by atoms with Crippen LogP contribution in [0.3, 0.4) is 0 Å². The topological polar surface area (TPSA) is 3.01 Å². The molecule has 0 atom stereocenters. The van der Waals surface area contributed by atoms with Crippen molar-refractivity contribution in [3.63, 3.8) is 0 Å². The Morgan fingerprint density at radius 2 is 1.86 bits per heavy atom. The lowest BCUT2D eigenvalue weighted by Crippen LogP contribution is -2.01. The number of hydrogen-bond acceptors (Lipinski definition) is 0. The van der Waals surface area contributed by atoms with Crippen molar-refractivity contribution in [3.8, 4) is 0 Å². The predicted octanol–water partition coefficient (Wildman–Crippen LogP) is 0.648. The van der Waals surface area contributed by atoms with Gasteiger partial charge in [-0.1, -0.05) is 0 Å². The molecule has 0 spiro atoms. The van der Waals surface area contributed by atoms with Crippen LogP contribution in [0, 0.1) is 0 Å². The van der Waals surface area contributed by atoms with Crippen LogP contribution in [-0.4, -0.2) is 23.5 Å². The summed E-state index contributed by atoms with van der Waals surface area (Å²) in [6, 6.07) is 0. The largest absolute Gasteiger partial charge is 0.189 e. The summed E-state index contributed by atoms with van der Waals surface area (Å²) in [7, 11) is 0. The maximum absolute atomic E-state index is 3.54. The molecule has 0 bridgehead atoms. The molecule has 1 aliphatic heterocycles. The molecule has 1 rings (SSSR count). The molecule has 0 N–H and O–H groups in total. The fraction of sp³-hybridized carbons (Fsp3) is 0.667. The lowest BCUT2D eigenvalue weighted by molar-refractivity contribution is -0.498. The zero-order chi connectivity index (χ0) is 5.11. The number of hydrogen-bond donors (Lipinski definition) is 0. The molecule has 1 fully saturated rings. The first-order valence-corrected chi connectivity index (χ1v) is 2.71. The Labute approximate surface area is 44.0 Å². The molecule has 1 heterocycles. The summed E-state index contributed by atoms with van der Waals surface area (Å²) < 4.78 is 2.12. The first-order valence-electron chi connectivity index (χ1n) is 2.71. The number of rotatable bonds is 0. The Balaban J connectivity index is 2.57. The smallest absolute Gasteiger partial charge is 0.159 e. The molecule has 0 saturated carbocycles. The van der Waals surface area contributed by atoms with Gasteiger partial charge in [-0.25, -0.2) is 0 Å². The van der Waals surface area contributed by atoms with Crippen LogP contribution in [0.4, 0.5) is 0 Å². The Morgan fingerprint density at radius 3 is 2.14 bits per heavy atom. The van der Waals surface area contributed by atoms with E-state index in [4.69, 9.17) is 0 Å². The molecule has 1 aliphatic rings. The minimum atomic E-state index is 1.17. The minimum absolute atomic E-state index is 1.17. The molecule has 1 saturated heterocycles. The van der Waals surface area contributed by atoms with Gasteiger partial charge in [0.2, 0.25) is 0 Å². The van der Waals surface area contributed by atoms with Gasteiger partial charge in [-0.3, -0.25) is 0 Å². The van der Waals surface area contributed by atoms with Gasteiger partial charge < -0.3 is 0 Å². The van der Waals surface area contributed by atoms with Crippen molar-refractivity contribution in [2.75, 3.05) is 13.1 Å². The molecule has 0 aliphatic carbocycles. The van der Waals surface area contributed by atoms with Crippen LogP contribution < -0.4 is 0 Å². The van der Waals surface area contributed by atoms with Crippen LogP contribution in [0.1, 0.15) is 12.8 Å². The fourth-order valence-corrected chi connectivity index (χ4v) is 0.875. The van der Waals surface area contributed by atoms with Crippen LogP contribution in [0.25, 0.3) is 0 Å². The highest BCUT2D eigenvalue weighted by atomic mass is 15.0. The molecule has 0 aromatic rings. The molecular formula is C6H10N+. The van der Waals surface area contributed by atoms with Gasteiger partial charge in [0.15, 0.2) is 19.0 Å². The normalized spacial score (nSPS) is 19.7. The van der Waals surface area contributed by atoms with Gasteiger partial charge in [0.05, 0.1) is 0 Å². The average Bonchev–Trinajstić information content (AvgIpc) is 2.14. The quantitative estimate of drug-likeness (QED) is 0.389. The minimum Gasteiger partial charge on any atom is -0.189 e. The highest BCUT2D eigenvalue weighted by molar-refractivity contribution is 5.39. The summed E-state index contributed by atoms with van der Waals surface area (Å²) in [5.74, 6) is 2.85. The highest BCUT2D eigenvalue weighted by Crippen LogP contribution is 1.98.